The number of hydrogen-bond donors (Lipinski definition) is 0. The van der Waals surface area contributed by atoms with Crippen molar-refractivity contribution in [3.8, 4) is 0 Å². The molecule has 2 aliphatic heterocycles. The van der Waals surface area contributed by atoms with Gasteiger partial charge in [-0.1, -0.05) is 25.1 Å². The quantitative estimate of drug-likeness (QED) is 0.600. The molecular formula is C25H41FN4O. The fourth-order valence-electron chi connectivity index (χ4n) is 4.99. The minimum Gasteiger partial charge on any atom is -0.341 e. The maximum absolute atomic E-state index is 14.1. The van der Waals surface area contributed by atoms with Crippen molar-refractivity contribution in [3.05, 3.63) is 35.6 Å². The van der Waals surface area contributed by atoms with Crippen LogP contribution in [-0.2, 0) is 11.3 Å². The second kappa shape index (κ2) is 11.9. The first-order valence-corrected chi connectivity index (χ1v) is 12.1. The molecule has 0 aliphatic carbocycles. The van der Waals surface area contributed by atoms with Crippen LogP contribution in [0.15, 0.2) is 24.3 Å². The smallest absolute Gasteiger partial charge is 0.225 e. The summed E-state index contributed by atoms with van der Waals surface area (Å²) in [7, 11) is 4.14. The molecule has 0 aromatic heterocycles. The first-order chi connectivity index (χ1) is 15.0. The van der Waals surface area contributed by atoms with E-state index in [-0.39, 0.29) is 11.7 Å². The number of rotatable bonds is 9. The Morgan fingerprint density at radius 3 is 2.48 bits per heavy atom. The predicted octanol–water partition coefficient (Wildman–Crippen LogP) is 3.16. The van der Waals surface area contributed by atoms with E-state index in [1.165, 1.54) is 0 Å². The molecule has 2 aliphatic rings. The molecule has 1 amide bonds. The Balaban J connectivity index is 1.59. The van der Waals surface area contributed by atoms with Gasteiger partial charge >= 0.3 is 0 Å². The van der Waals surface area contributed by atoms with Gasteiger partial charge in [-0.05, 0) is 77.9 Å². The van der Waals surface area contributed by atoms with E-state index in [0.29, 0.717) is 18.4 Å². The fraction of sp³-hybridized carbons (Fsp3) is 0.720. The summed E-state index contributed by atoms with van der Waals surface area (Å²) in [6.07, 6.45) is 4.22. The second-order valence-electron chi connectivity index (χ2n) is 9.63. The molecular weight excluding hydrogens is 391 g/mol. The first-order valence-electron chi connectivity index (χ1n) is 12.1. The molecule has 0 spiro atoms. The van der Waals surface area contributed by atoms with Gasteiger partial charge in [-0.3, -0.25) is 9.69 Å². The number of benzene rings is 1. The maximum Gasteiger partial charge on any atom is 0.225 e. The molecule has 0 unspecified atom stereocenters. The highest BCUT2D eigenvalue weighted by Crippen LogP contribution is 2.24. The number of carbonyl (C=O) groups is 1. The highest BCUT2D eigenvalue weighted by Gasteiger charge is 2.30. The highest BCUT2D eigenvalue weighted by molar-refractivity contribution is 5.79. The van der Waals surface area contributed by atoms with Crippen molar-refractivity contribution >= 4 is 5.91 Å². The number of nitrogens with zero attached hydrogens (tertiary/aromatic N) is 4. The molecule has 2 fully saturated rings. The lowest BCUT2D eigenvalue weighted by molar-refractivity contribution is -0.138. The minimum absolute atomic E-state index is 0.120. The molecule has 0 radical (unpaired) electrons. The summed E-state index contributed by atoms with van der Waals surface area (Å²) in [5, 5.41) is 0. The molecule has 0 N–H and O–H groups in total. The molecule has 3 rings (SSSR count). The molecule has 1 aromatic rings. The monoisotopic (exact) mass is 432 g/mol. The van der Waals surface area contributed by atoms with E-state index in [9.17, 15) is 9.18 Å². The lowest BCUT2D eigenvalue weighted by Crippen LogP contribution is -2.48. The maximum atomic E-state index is 14.1. The lowest BCUT2D eigenvalue weighted by atomic mass is 9.93. The first kappa shape index (κ1) is 24.1. The van der Waals surface area contributed by atoms with Gasteiger partial charge in [0, 0.05) is 44.2 Å². The van der Waals surface area contributed by atoms with Crippen LogP contribution < -0.4 is 0 Å². The lowest BCUT2D eigenvalue weighted by Gasteiger charge is -2.38. The van der Waals surface area contributed by atoms with Crippen molar-refractivity contribution in [2.45, 2.75) is 39.2 Å². The van der Waals surface area contributed by atoms with Gasteiger partial charge in [-0.15, -0.1) is 0 Å². The van der Waals surface area contributed by atoms with Crippen LogP contribution in [0.5, 0.6) is 0 Å². The van der Waals surface area contributed by atoms with Gasteiger partial charge in [-0.2, -0.15) is 0 Å². The Morgan fingerprint density at radius 2 is 1.81 bits per heavy atom. The number of carbonyl (C=O) groups excluding carboxylic acids is 1. The number of amides is 1. The van der Waals surface area contributed by atoms with Crippen LogP contribution in [0.1, 0.15) is 38.2 Å². The predicted molar refractivity (Wildman–Crippen MR) is 124 cm³/mol. The molecule has 1 atom stereocenters. The molecule has 5 nitrogen and oxygen atoms in total. The van der Waals surface area contributed by atoms with Crippen LogP contribution in [0.4, 0.5) is 4.39 Å². The summed E-state index contributed by atoms with van der Waals surface area (Å²) in [4.78, 5) is 22.5. The van der Waals surface area contributed by atoms with E-state index in [1.54, 1.807) is 12.1 Å². The summed E-state index contributed by atoms with van der Waals surface area (Å²) in [6, 6.07) is 7.08. The number of halogens is 1. The number of likely N-dealkylation sites (tertiary alicyclic amines) is 2. The third kappa shape index (κ3) is 7.26. The summed E-state index contributed by atoms with van der Waals surface area (Å²) in [5.74, 6) is 0.861. The summed E-state index contributed by atoms with van der Waals surface area (Å²) >= 11 is 0. The molecule has 2 heterocycles. The van der Waals surface area contributed by atoms with Crippen molar-refractivity contribution < 1.29 is 9.18 Å². The Hall–Kier alpha value is -1.50. The Bertz CT molecular complexity index is 690. The van der Waals surface area contributed by atoms with Crippen LogP contribution >= 0.6 is 0 Å². The number of hydrogen-bond acceptors (Lipinski definition) is 4. The molecule has 31 heavy (non-hydrogen) atoms. The van der Waals surface area contributed by atoms with Gasteiger partial charge in [0.05, 0.1) is 0 Å². The topological polar surface area (TPSA) is 30.0 Å². The number of likely N-dealkylation sites (N-methyl/N-ethyl adjacent to an activating group) is 1. The van der Waals surface area contributed by atoms with E-state index >= 15 is 0 Å². The summed E-state index contributed by atoms with van der Waals surface area (Å²) < 4.78 is 14.1. The van der Waals surface area contributed by atoms with E-state index in [4.69, 9.17) is 0 Å². The Kier molecular flexibility index (Phi) is 9.30. The van der Waals surface area contributed by atoms with Crippen molar-refractivity contribution in [2.75, 3.05) is 66.5 Å². The van der Waals surface area contributed by atoms with Crippen LogP contribution in [0, 0.1) is 17.7 Å². The highest BCUT2D eigenvalue weighted by atomic mass is 19.1. The second-order valence-corrected chi connectivity index (χ2v) is 9.63. The Morgan fingerprint density at radius 1 is 1.06 bits per heavy atom. The third-order valence-electron chi connectivity index (χ3n) is 6.95. The van der Waals surface area contributed by atoms with Crippen molar-refractivity contribution in [1.29, 1.82) is 0 Å². The molecule has 0 bridgehead atoms. The zero-order valence-corrected chi connectivity index (χ0v) is 19.7. The minimum atomic E-state index is -0.120. The number of piperidine rings is 2. The van der Waals surface area contributed by atoms with Crippen molar-refractivity contribution in [2.24, 2.45) is 11.8 Å². The van der Waals surface area contributed by atoms with Crippen LogP contribution in [-0.4, -0.2) is 92.0 Å². The molecule has 174 valence electrons. The summed E-state index contributed by atoms with van der Waals surface area (Å²) in [6.45, 7) is 10.5. The van der Waals surface area contributed by atoms with Gasteiger partial charge < -0.3 is 14.7 Å². The normalized spacial score (nSPS) is 21.5. The SMILES string of the molecule is CCN1CCC(C(=O)N(CCN(C)C)C[C@H]2CCCN(Cc3ccccc3F)C2)CC1. The molecule has 2 saturated heterocycles. The van der Waals surface area contributed by atoms with E-state index in [2.05, 4.69) is 40.6 Å². The van der Waals surface area contributed by atoms with Crippen LogP contribution in [0.25, 0.3) is 0 Å². The largest absolute Gasteiger partial charge is 0.341 e. The van der Waals surface area contributed by atoms with Crippen molar-refractivity contribution in [3.63, 3.8) is 0 Å². The van der Waals surface area contributed by atoms with E-state index < -0.39 is 0 Å². The molecule has 0 saturated carbocycles. The standard InChI is InChI=1S/C25H41FN4O/c1-4-28-14-11-22(12-15-28)25(31)30(17-16-27(2)3)19-21-8-7-13-29(18-21)20-23-9-5-6-10-24(23)26/h5-6,9-10,21-22H,4,7-8,11-20H2,1-3H3/t21-/m0/s1. The molecule has 6 heteroatoms. The van der Waals surface area contributed by atoms with Gasteiger partial charge in [0.15, 0.2) is 0 Å². The molecule has 1 aromatic carbocycles. The van der Waals surface area contributed by atoms with Crippen LogP contribution in [0.2, 0.25) is 0 Å². The van der Waals surface area contributed by atoms with E-state index in [1.807, 2.05) is 12.1 Å². The fourth-order valence-corrected chi connectivity index (χ4v) is 4.99. The van der Waals surface area contributed by atoms with Gasteiger partial charge in [-0.25, -0.2) is 4.39 Å². The Labute approximate surface area is 188 Å². The van der Waals surface area contributed by atoms with E-state index in [0.717, 1.165) is 83.6 Å². The van der Waals surface area contributed by atoms with Gasteiger partial charge in [0.1, 0.15) is 5.82 Å². The van der Waals surface area contributed by atoms with Crippen LogP contribution in [0.3, 0.4) is 0 Å². The average molecular weight is 433 g/mol. The zero-order valence-electron chi connectivity index (χ0n) is 19.7. The van der Waals surface area contributed by atoms with Gasteiger partial charge in [0.25, 0.3) is 0 Å². The average Bonchev–Trinajstić information content (AvgIpc) is 2.78. The zero-order chi connectivity index (χ0) is 22.2. The summed E-state index contributed by atoms with van der Waals surface area (Å²) in [5.41, 5.74) is 0.770. The van der Waals surface area contributed by atoms with Gasteiger partial charge in [0.2, 0.25) is 5.91 Å². The van der Waals surface area contributed by atoms with Crippen molar-refractivity contribution in [1.82, 2.24) is 19.6 Å². The third-order valence-corrected chi connectivity index (χ3v) is 6.95.